The minimum absolute atomic E-state index is 0.121. The fraction of sp³-hybridized carbons (Fsp3) is 0.238. The molecule has 1 aromatic carbocycles. The molecule has 1 amide bonds. The third-order valence-electron chi connectivity index (χ3n) is 5.42. The first-order chi connectivity index (χ1) is 15.0. The molecular weight excluding hydrogens is 398 g/mol. The minimum atomic E-state index is -0.417. The van der Waals surface area contributed by atoms with E-state index in [1.807, 2.05) is 19.2 Å². The van der Waals surface area contributed by atoms with Crippen molar-refractivity contribution in [1.29, 1.82) is 0 Å². The molecule has 4 heterocycles. The van der Waals surface area contributed by atoms with Crippen molar-refractivity contribution in [1.82, 2.24) is 19.7 Å². The molecule has 1 fully saturated rings. The number of amides is 1. The number of hydrogen-bond acceptors (Lipinski definition) is 8. The summed E-state index contributed by atoms with van der Waals surface area (Å²) < 4.78 is 7.20. The first-order valence-corrected chi connectivity index (χ1v) is 9.86. The van der Waals surface area contributed by atoms with Crippen LogP contribution in [0.1, 0.15) is 16.9 Å². The summed E-state index contributed by atoms with van der Waals surface area (Å²) >= 11 is 0. The first-order valence-electron chi connectivity index (χ1n) is 9.86. The zero-order chi connectivity index (χ0) is 21.5. The highest BCUT2D eigenvalue weighted by atomic mass is 16.3. The van der Waals surface area contributed by atoms with Crippen LogP contribution in [0.2, 0.25) is 0 Å². The average molecular weight is 419 g/mol. The van der Waals surface area contributed by atoms with E-state index in [1.165, 1.54) is 6.26 Å². The number of aryl methyl sites for hydroxylation is 1. The van der Waals surface area contributed by atoms with Crippen LogP contribution >= 0.6 is 0 Å². The van der Waals surface area contributed by atoms with Gasteiger partial charge in [0, 0.05) is 31.7 Å². The molecule has 4 N–H and O–H groups in total. The van der Waals surface area contributed by atoms with Crippen LogP contribution < -0.4 is 16.0 Å². The molecule has 4 aromatic rings. The predicted molar refractivity (Wildman–Crippen MR) is 116 cm³/mol. The fourth-order valence-corrected chi connectivity index (χ4v) is 3.80. The first kappa shape index (κ1) is 19.1. The van der Waals surface area contributed by atoms with Gasteiger partial charge in [0.25, 0.3) is 5.91 Å². The Hall–Kier alpha value is -3.92. The van der Waals surface area contributed by atoms with E-state index in [-0.39, 0.29) is 17.4 Å². The number of aromatic nitrogens is 4. The van der Waals surface area contributed by atoms with E-state index in [0.717, 1.165) is 16.6 Å². The van der Waals surface area contributed by atoms with Gasteiger partial charge in [-0.05, 0) is 30.7 Å². The average Bonchev–Trinajstić information content (AvgIpc) is 3.49. The van der Waals surface area contributed by atoms with Gasteiger partial charge in [-0.1, -0.05) is 0 Å². The van der Waals surface area contributed by atoms with Crippen LogP contribution in [0.3, 0.4) is 0 Å². The highest BCUT2D eigenvalue weighted by Gasteiger charge is 2.25. The predicted octanol–water partition coefficient (Wildman–Crippen LogP) is 2.03. The largest absolute Gasteiger partial charge is 0.443 e. The van der Waals surface area contributed by atoms with E-state index in [4.69, 9.17) is 10.2 Å². The Bertz CT molecular complexity index is 1280. The van der Waals surface area contributed by atoms with Gasteiger partial charge in [0.1, 0.15) is 12.1 Å². The van der Waals surface area contributed by atoms with Crippen molar-refractivity contribution in [2.45, 2.75) is 12.5 Å². The number of aliphatic hydroxyl groups is 1. The van der Waals surface area contributed by atoms with Crippen LogP contribution in [0, 0.1) is 0 Å². The Kier molecular flexibility index (Phi) is 4.55. The summed E-state index contributed by atoms with van der Waals surface area (Å²) in [6.07, 6.45) is 4.92. The number of nitrogens with two attached hydrogens (primary N) is 1. The normalized spacial score (nSPS) is 16.2. The van der Waals surface area contributed by atoms with Gasteiger partial charge in [0.2, 0.25) is 5.89 Å². The number of oxazole rings is 1. The zero-order valence-corrected chi connectivity index (χ0v) is 16.8. The molecule has 10 heteroatoms. The number of fused-ring (bicyclic) bond motifs is 1. The Morgan fingerprint density at radius 2 is 2.26 bits per heavy atom. The topological polar surface area (TPSA) is 135 Å². The number of nitrogens with one attached hydrogen (secondary N) is 1. The van der Waals surface area contributed by atoms with Crippen molar-refractivity contribution < 1.29 is 14.3 Å². The monoisotopic (exact) mass is 419 g/mol. The summed E-state index contributed by atoms with van der Waals surface area (Å²) in [4.78, 5) is 23.3. The van der Waals surface area contributed by atoms with E-state index in [0.29, 0.717) is 30.8 Å². The van der Waals surface area contributed by atoms with Crippen molar-refractivity contribution in [2.75, 3.05) is 29.0 Å². The number of carbonyl (C=O) groups excluding carboxylic acids is 1. The number of anilines is 3. The lowest BCUT2D eigenvalue weighted by Crippen LogP contribution is -2.23. The van der Waals surface area contributed by atoms with Gasteiger partial charge in [-0.3, -0.25) is 9.48 Å². The van der Waals surface area contributed by atoms with Gasteiger partial charge in [0.15, 0.2) is 5.69 Å². The van der Waals surface area contributed by atoms with E-state index in [2.05, 4.69) is 25.3 Å². The number of benzene rings is 1. The molecule has 10 nitrogen and oxygen atoms in total. The third kappa shape index (κ3) is 3.46. The molecule has 0 spiro atoms. The van der Waals surface area contributed by atoms with Gasteiger partial charge in [-0.25, -0.2) is 9.97 Å². The number of pyridine rings is 1. The molecule has 1 atom stereocenters. The maximum atomic E-state index is 13.0. The molecule has 1 aliphatic rings. The van der Waals surface area contributed by atoms with Crippen LogP contribution in [0.5, 0.6) is 0 Å². The van der Waals surface area contributed by atoms with Crippen LogP contribution in [0.4, 0.5) is 17.2 Å². The second-order valence-electron chi connectivity index (χ2n) is 7.51. The fourth-order valence-electron chi connectivity index (χ4n) is 3.80. The number of carbonyl (C=O) groups is 1. The van der Waals surface area contributed by atoms with Crippen LogP contribution in [-0.2, 0) is 7.05 Å². The summed E-state index contributed by atoms with van der Waals surface area (Å²) in [5, 5.41) is 18.2. The van der Waals surface area contributed by atoms with E-state index in [9.17, 15) is 9.90 Å². The summed E-state index contributed by atoms with van der Waals surface area (Å²) in [5.74, 6) is 0.0774. The summed E-state index contributed by atoms with van der Waals surface area (Å²) in [5.41, 5.74) is 8.83. The smallest absolute Gasteiger partial charge is 0.277 e. The lowest BCUT2D eigenvalue weighted by atomic mass is 10.1. The van der Waals surface area contributed by atoms with Crippen LogP contribution in [0.15, 0.2) is 47.3 Å². The number of nitrogens with zero attached hydrogens (tertiary/aromatic N) is 5. The molecular formula is C21H21N7O3. The highest BCUT2D eigenvalue weighted by molar-refractivity contribution is 6.06. The van der Waals surface area contributed by atoms with Gasteiger partial charge in [0.05, 0.1) is 34.8 Å². The van der Waals surface area contributed by atoms with E-state index < -0.39 is 12.0 Å². The molecule has 5 rings (SSSR count). The van der Waals surface area contributed by atoms with Crippen molar-refractivity contribution >= 4 is 34.0 Å². The Balaban J connectivity index is 1.48. The number of hydrogen-bond donors (Lipinski definition) is 3. The Morgan fingerprint density at radius 1 is 1.39 bits per heavy atom. The van der Waals surface area contributed by atoms with Crippen molar-refractivity contribution in [2.24, 2.45) is 7.05 Å². The number of rotatable bonds is 4. The van der Waals surface area contributed by atoms with E-state index in [1.54, 1.807) is 29.2 Å². The maximum absolute atomic E-state index is 13.0. The quantitative estimate of drug-likeness (QED) is 0.457. The molecule has 0 unspecified atom stereocenters. The van der Waals surface area contributed by atoms with E-state index >= 15 is 0 Å². The van der Waals surface area contributed by atoms with Crippen LogP contribution in [-0.4, -0.2) is 50.0 Å². The lowest BCUT2D eigenvalue weighted by Gasteiger charge is -2.22. The molecule has 0 radical (unpaired) electrons. The van der Waals surface area contributed by atoms with Gasteiger partial charge in [-0.2, -0.15) is 5.10 Å². The lowest BCUT2D eigenvalue weighted by molar-refractivity contribution is 0.102. The van der Waals surface area contributed by atoms with Crippen molar-refractivity contribution in [3.63, 3.8) is 0 Å². The second-order valence-corrected chi connectivity index (χ2v) is 7.51. The summed E-state index contributed by atoms with van der Waals surface area (Å²) in [7, 11) is 1.84. The SMILES string of the molecule is Cn1ncc2cc(N3CC[C@H](O)C3)c(NC(=O)c3coc(-c4cccnc4N)n3)cc21. The molecule has 0 saturated carbocycles. The van der Waals surface area contributed by atoms with Crippen molar-refractivity contribution in [3.05, 3.63) is 48.6 Å². The van der Waals surface area contributed by atoms with Gasteiger partial charge < -0.3 is 25.5 Å². The van der Waals surface area contributed by atoms with Crippen LogP contribution in [0.25, 0.3) is 22.4 Å². The second kappa shape index (κ2) is 7.40. The third-order valence-corrected chi connectivity index (χ3v) is 5.42. The minimum Gasteiger partial charge on any atom is -0.443 e. The zero-order valence-electron chi connectivity index (χ0n) is 16.8. The Morgan fingerprint density at radius 3 is 3.03 bits per heavy atom. The van der Waals surface area contributed by atoms with Gasteiger partial charge >= 0.3 is 0 Å². The molecule has 0 bridgehead atoms. The standard InChI is InChI=1S/C21H21N7O3/c1-27-17-8-15(18(7-12(17)9-24-27)28-6-4-13(29)10-28)25-20(30)16-11-31-21(26-16)14-3-2-5-23-19(14)22/h2-3,5,7-9,11,13,29H,4,6,10H2,1H3,(H2,22,23)(H,25,30)/t13-/m0/s1. The van der Waals surface area contributed by atoms with Crippen molar-refractivity contribution in [3.8, 4) is 11.5 Å². The molecule has 158 valence electrons. The molecule has 1 aliphatic heterocycles. The molecule has 0 aliphatic carbocycles. The maximum Gasteiger partial charge on any atom is 0.277 e. The number of nitrogen functional groups attached to an aromatic ring is 1. The molecule has 1 saturated heterocycles. The molecule has 31 heavy (non-hydrogen) atoms. The van der Waals surface area contributed by atoms with Gasteiger partial charge in [-0.15, -0.1) is 0 Å². The summed E-state index contributed by atoms with van der Waals surface area (Å²) in [6.45, 7) is 1.20. The number of β-amino-alcohol motifs (C(OH)–C–C–N with tert-alkyl or cyclic N) is 1. The summed E-state index contributed by atoms with van der Waals surface area (Å²) in [6, 6.07) is 7.29. The highest BCUT2D eigenvalue weighted by Crippen LogP contribution is 2.34. The Labute approximate surface area is 177 Å². The molecule has 3 aromatic heterocycles. The number of aliphatic hydroxyl groups excluding tert-OH is 1.